The lowest BCUT2D eigenvalue weighted by atomic mass is 10.2. The standard InChI is InChI=1S/C16H17N3O3/c1-11-3-6-13(7-4-11)18-16(20)10-17-15-9-14(19(21)22)8-5-12(15)2/h3-9,17H,10H2,1-2H3,(H,18,20). The van der Waals surface area contributed by atoms with Crippen molar-refractivity contribution in [2.75, 3.05) is 17.2 Å². The van der Waals surface area contributed by atoms with Gasteiger partial charge in [0.25, 0.3) is 5.69 Å². The zero-order valence-corrected chi connectivity index (χ0v) is 12.4. The number of anilines is 2. The molecule has 0 unspecified atom stereocenters. The van der Waals surface area contributed by atoms with Gasteiger partial charge in [0.2, 0.25) is 5.91 Å². The van der Waals surface area contributed by atoms with Crippen LogP contribution in [-0.4, -0.2) is 17.4 Å². The normalized spacial score (nSPS) is 10.1. The van der Waals surface area contributed by atoms with Crippen molar-refractivity contribution in [2.24, 2.45) is 0 Å². The zero-order chi connectivity index (χ0) is 16.1. The second-order valence-electron chi connectivity index (χ2n) is 5.02. The summed E-state index contributed by atoms with van der Waals surface area (Å²) in [5.74, 6) is -0.213. The van der Waals surface area contributed by atoms with Crippen LogP contribution in [0, 0.1) is 24.0 Å². The fourth-order valence-corrected chi connectivity index (χ4v) is 1.93. The van der Waals surface area contributed by atoms with E-state index in [1.54, 1.807) is 6.07 Å². The maximum atomic E-state index is 11.9. The monoisotopic (exact) mass is 299 g/mol. The Bertz CT molecular complexity index is 696. The van der Waals surface area contributed by atoms with Crippen molar-refractivity contribution in [1.82, 2.24) is 0 Å². The number of nitro benzene ring substituents is 1. The van der Waals surface area contributed by atoms with Gasteiger partial charge in [-0.25, -0.2) is 0 Å². The summed E-state index contributed by atoms with van der Waals surface area (Å²) in [6.45, 7) is 3.83. The van der Waals surface area contributed by atoms with Crippen LogP contribution in [0.5, 0.6) is 0 Å². The Morgan fingerprint density at radius 1 is 1.14 bits per heavy atom. The first kappa shape index (κ1) is 15.5. The summed E-state index contributed by atoms with van der Waals surface area (Å²) in [6, 6.07) is 12.0. The summed E-state index contributed by atoms with van der Waals surface area (Å²) in [5.41, 5.74) is 3.24. The lowest BCUT2D eigenvalue weighted by Gasteiger charge is -2.10. The molecular weight excluding hydrogens is 282 g/mol. The molecule has 1 amide bonds. The van der Waals surface area contributed by atoms with E-state index in [4.69, 9.17) is 0 Å². The lowest BCUT2D eigenvalue weighted by Crippen LogP contribution is -2.22. The molecule has 0 spiro atoms. The maximum absolute atomic E-state index is 11.9. The summed E-state index contributed by atoms with van der Waals surface area (Å²) in [5, 5.41) is 16.5. The minimum atomic E-state index is -0.461. The van der Waals surface area contributed by atoms with E-state index in [9.17, 15) is 14.9 Å². The molecule has 2 N–H and O–H groups in total. The van der Waals surface area contributed by atoms with Gasteiger partial charge in [0.05, 0.1) is 11.5 Å². The number of nitrogens with one attached hydrogen (secondary N) is 2. The molecule has 0 heterocycles. The highest BCUT2D eigenvalue weighted by Crippen LogP contribution is 2.21. The van der Waals surface area contributed by atoms with E-state index >= 15 is 0 Å². The highest BCUT2D eigenvalue weighted by Gasteiger charge is 2.09. The van der Waals surface area contributed by atoms with Gasteiger partial charge in [-0.05, 0) is 31.5 Å². The SMILES string of the molecule is Cc1ccc(NC(=O)CNc2cc([N+](=O)[O-])ccc2C)cc1. The van der Waals surface area contributed by atoms with Crippen LogP contribution in [0.15, 0.2) is 42.5 Å². The van der Waals surface area contributed by atoms with Crippen molar-refractivity contribution >= 4 is 23.0 Å². The number of rotatable bonds is 5. The number of carbonyl (C=O) groups is 1. The molecule has 0 aromatic heterocycles. The third-order valence-electron chi connectivity index (χ3n) is 3.21. The quantitative estimate of drug-likeness (QED) is 0.655. The van der Waals surface area contributed by atoms with Crippen molar-refractivity contribution in [1.29, 1.82) is 0 Å². The summed E-state index contributed by atoms with van der Waals surface area (Å²) < 4.78 is 0. The molecule has 2 rings (SSSR count). The minimum absolute atomic E-state index is 0.00737. The van der Waals surface area contributed by atoms with E-state index < -0.39 is 4.92 Å². The van der Waals surface area contributed by atoms with Gasteiger partial charge >= 0.3 is 0 Å². The molecule has 0 aliphatic rings. The molecular formula is C16H17N3O3. The Balaban J connectivity index is 1.97. The highest BCUT2D eigenvalue weighted by atomic mass is 16.6. The summed E-state index contributed by atoms with van der Waals surface area (Å²) in [7, 11) is 0. The molecule has 0 saturated carbocycles. The van der Waals surface area contributed by atoms with Crippen molar-refractivity contribution in [3.8, 4) is 0 Å². The number of hydrogen-bond donors (Lipinski definition) is 2. The van der Waals surface area contributed by atoms with Gasteiger partial charge in [-0.2, -0.15) is 0 Å². The van der Waals surface area contributed by atoms with E-state index in [1.807, 2.05) is 38.1 Å². The van der Waals surface area contributed by atoms with E-state index in [2.05, 4.69) is 10.6 Å². The third-order valence-corrected chi connectivity index (χ3v) is 3.21. The Kier molecular flexibility index (Phi) is 4.73. The van der Waals surface area contributed by atoms with Crippen LogP contribution in [-0.2, 0) is 4.79 Å². The van der Waals surface area contributed by atoms with Gasteiger partial charge in [0.15, 0.2) is 0 Å². The number of non-ortho nitro benzene ring substituents is 1. The van der Waals surface area contributed by atoms with E-state index in [0.29, 0.717) is 11.4 Å². The minimum Gasteiger partial charge on any atom is -0.376 e. The third kappa shape index (κ3) is 4.05. The molecule has 0 saturated heterocycles. The fraction of sp³-hybridized carbons (Fsp3) is 0.188. The smallest absolute Gasteiger partial charge is 0.271 e. The van der Waals surface area contributed by atoms with Crippen LogP contribution in [0.3, 0.4) is 0 Å². The van der Waals surface area contributed by atoms with Crippen LogP contribution in [0.2, 0.25) is 0 Å². The van der Waals surface area contributed by atoms with Crippen molar-refractivity contribution in [2.45, 2.75) is 13.8 Å². The summed E-state index contributed by atoms with van der Waals surface area (Å²) in [4.78, 5) is 22.2. The van der Waals surface area contributed by atoms with Crippen LogP contribution < -0.4 is 10.6 Å². The average Bonchev–Trinajstić information content (AvgIpc) is 2.48. The maximum Gasteiger partial charge on any atom is 0.271 e. The molecule has 0 aliphatic heterocycles. The first-order valence-corrected chi connectivity index (χ1v) is 6.81. The number of aryl methyl sites for hydroxylation is 2. The molecule has 0 bridgehead atoms. The van der Waals surface area contributed by atoms with Crippen LogP contribution >= 0.6 is 0 Å². The molecule has 6 nitrogen and oxygen atoms in total. The topological polar surface area (TPSA) is 84.3 Å². The largest absolute Gasteiger partial charge is 0.376 e. The molecule has 0 fully saturated rings. The summed E-state index contributed by atoms with van der Waals surface area (Å²) in [6.07, 6.45) is 0. The van der Waals surface area contributed by atoms with Gasteiger partial charge in [-0.1, -0.05) is 23.8 Å². The van der Waals surface area contributed by atoms with Crippen LogP contribution in [0.1, 0.15) is 11.1 Å². The van der Waals surface area contributed by atoms with Gasteiger partial charge in [-0.15, -0.1) is 0 Å². The van der Waals surface area contributed by atoms with Crippen LogP contribution in [0.25, 0.3) is 0 Å². The molecule has 2 aromatic carbocycles. The molecule has 0 radical (unpaired) electrons. The number of amides is 1. The number of nitrogens with zero attached hydrogens (tertiary/aromatic N) is 1. The first-order valence-electron chi connectivity index (χ1n) is 6.81. The Hall–Kier alpha value is -2.89. The van der Waals surface area contributed by atoms with E-state index in [-0.39, 0.29) is 18.1 Å². The lowest BCUT2D eigenvalue weighted by molar-refractivity contribution is -0.384. The second kappa shape index (κ2) is 6.71. The van der Waals surface area contributed by atoms with E-state index in [0.717, 1.165) is 11.1 Å². The van der Waals surface area contributed by atoms with Gasteiger partial charge in [-0.3, -0.25) is 14.9 Å². The van der Waals surface area contributed by atoms with Crippen molar-refractivity contribution in [3.05, 3.63) is 63.7 Å². The summed E-state index contributed by atoms with van der Waals surface area (Å²) >= 11 is 0. The molecule has 114 valence electrons. The Morgan fingerprint density at radius 3 is 2.45 bits per heavy atom. The predicted molar refractivity (Wildman–Crippen MR) is 86.1 cm³/mol. The van der Waals surface area contributed by atoms with Crippen molar-refractivity contribution in [3.63, 3.8) is 0 Å². The fourth-order valence-electron chi connectivity index (χ4n) is 1.93. The predicted octanol–water partition coefficient (Wildman–Crippen LogP) is 3.26. The molecule has 2 aromatic rings. The van der Waals surface area contributed by atoms with Gasteiger partial charge in [0, 0.05) is 23.5 Å². The average molecular weight is 299 g/mol. The van der Waals surface area contributed by atoms with Gasteiger partial charge < -0.3 is 10.6 Å². The number of nitro groups is 1. The highest BCUT2D eigenvalue weighted by molar-refractivity contribution is 5.93. The Labute approximate surface area is 128 Å². The second-order valence-corrected chi connectivity index (χ2v) is 5.02. The Morgan fingerprint density at radius 2 is 1.82 bits per heavy atom. The number of carbonyl (C=O) groups excluding carboxylic acids is 1. The van der Waals surface area contributed by atoms with Crippen molar-refractivity contribution < 1.29 is 9.72 Å². The number of benzene rings is 2. The molecule has 6 heteroatoms. The first-order chi connectivity index (χ1) is 10.5. The molecule has 22 heavy (non-hydrogen) atoms. The van der Waals surface area contributed by atoms with Gasteiger partial charge in [0.1, 0.15) is 0 Å². The van der Waals surface area contributed by atoms with Crippen LogP contribution in [0.4, 0.5) is 17.1 Å². The number of hydrogen-bond acceptors (Lipinski definition) is 4. The molecule has 0 aliphatic carbocycles. The zero-order valence-electron chi connectivity index (χ0n) is 12.4. The van der Waals surface area contributed by atoms with E-state index in [1.165, 1.54) is 12.1 Å². The molecule has 0 atom stereocenters.